The van der Waals surface area contributed by atoms with Gasteiger partial charge in [0.05, 0.1) is 12.8 Å². The normalized spacial score (nSPS) is 10.6. The van der Waals surface area contributed by atoms with Crippen molar-refractivity contribution in [1.82, 2.24) is 19.7 Å². The van der Waals surface area contributed by atoms with E-state index in [1.165, 1.54) is 23.5 Å². The molecule has 2 rings (SSSR count). The van der Waals surface area contributed by atoms with Crippen LogP contribution in [0.15, 0.2) is 23.7 Å². The Morgan fingerprint density at radius 2 is 2.27 bits per heavy atom. The lowest BCUT2D eigenvalue weighted by atomic mass is 10.2. The lowest BCUT2D eigenvalue weighted by Gasteiger charge is -2.05. The van der Waals surface area contributed by atoms with Gasteiger partial charge in [-0.15, -0.1) is 0 Å². The molecule has 0 aliphatic rings. The number of esters is 1. The second-order valence-electron chi connectivity index (χ2n) is 4.65. The molecule has 0 aromatic carbocycles. The number of aromatic nitrogens is 4. The predicted octanol–water partition coefficient (Wildman–Crippen LogP) is 1.69. The summed E-state index contributed by atoms with van der Waals surface area (Å²) in [6.07, 6.45) is 7.24. The number of carbonyl (C=O) groups excluding carboxylic acids is 1. The lowest BCUT2D eigenvalue weighted by Crippen LogP contribution is -2.10. The topological polar surface area (TPSA) is 95.9 Å². The molecular weight excluding hydrogens is 302 g/mol. The van der Waals surface area contributed by atoms with Gasteiger partial charge in [0.1, 0.15) is 11.4 Å². The summed E-state index contributed by atoms with van der Waals surface area (Å²) in [5.74, 6) is 0.531. The molecule has 2 aromatic heterocycles. The molecule has 0 fully saturated rings. The molecule has 7 nitrogen and oxygen atoms in total. The number of nitrogens with two attached hydrogens (primary N) is 1. The number of nitrogen functional groups attached to an aromatic ring is 1. The van der Waals surface area contributed by atoms with Crippen LogP contribution in [0, 0.1) is 0 Å². The number of carbonyl (C=O) groups is 1. The summed E-state index contributed by atoms with van der Waals surface area (Å²) in [6.45, 7) is 2.03. The summed E-state index contributed by atoms with van der Waals surface area (Å²) >= 11 is 1.51. The maximum atomic E-state index is 11.6. The standard InChI is InChI=1S/C14H19N5O2S/c1-3-21-13(20)11-8-16-14(18-12(11)15)22-6-4-5-10-7-17-19(2)9-10/h7-9H,3-6H2,1-2H3,(H2,15,16,18). The minimum Gasteiger partial charge on any atom is -0.462 e. The number of thioether (sulfide) groups is 1. The summed E-state index contributed by atoms with van der Waals surface area (Å²) in [6, 6.07) is 0. The largest absolute Gasteiger partial charge is 0.462 e. The maximum Gasteiger partial charge on any atom is 0.343 e. The van der Waals surface area contributed by atoms with E-state index in [2.05, 4.69) is 15.1 Å². The van der Waals surface area contributed by atoms with Crippen molar-refractivity contribution in [1.29, 1.82) is 0 Å². The van der Waals surface area contributed by atoms with Gasteiger partial charge in [-0.3, -0.25) is 4.68 Å². The van der Waals surface area contributed by atoms with Crippen LogP contribution < -0.4 is 5.73 Å². The van der Waals surface area contributed by atoms with E-state index >= 15 is 0 Å². The molecule has 0 amide bonds. The third-order valence-electron chi connectivity index (χ3n) is 2.89. The molecule has 2 N–H and O–H groups in total. The third kappa shape index (κ3) is 4.45. The highest BCUT2D eigenvalue weighted by Gasteiger charge is 2.13. The van der Waals surface area contributed by atoms with E-state index in [-0.39, 0.29) is 11.4 Å². The van der Waals surface area contributed by atoms with Crippen molar-refractivity contribution in [2.24, 2.45) is 7.05 Å². The fourth-order valence-electron chi connectivity index (χ4n) is 1.85. The lowest BCUT2D eigenvalue weighted by molar-refractivity contribution is 0.0526. The van der Waals surface area contributed by atoms with Crippen LogP contribution in [-0.2, 0) is 18.2 Å². The molecule has 0 aliphatic heterocycles. The van der Waals surface area contributed by atoms with Gasteiger partial charge in [-0.1, -0.05) is 11.8 Å². The van der Waals surface area contributed by atoms with Crippen LogP contribution in [0.3, 0.4) is 0 Å². The van der Waals surface area contributed by atoms with Crippen LogP contribution in [-0.4, -0.2) is 38.1 Å². The van der Waals surface area contributed by atoms with Crippen molar-refractivity contribution in [2.75, 3.05) is 18.1 Å². The van der Waals surface area contributed by atoms with E-state index < -0.39 is 5.97 Å². The molecule has 0 aliphatic carbocycles. The monoisotopic (exact) mass is 321 g/mol. The van der Waals surface area contributed by atoms with E-state index in [4.69, 9.17) is 10.5 Å². The summed E-state index contributed by atoms with van der Waals surface area (Å²) in [5, 5.41) is 4.70. The van der Waals surface area contributed by atoms with Gasteiger partial charge in [0.25, 0.3) is 0 Å². The minimum absolute atomic E-state index is 0.156. The first-order valence-corrected chi connectivity index (χ1v) is 7.98. The van der Waals surface area contributed by atoms with E-state index in [1.54, 1.807) is 11.6 Å². The number of nitrogens with zero attached hydrogens (tertiary/aromatic N) is 4. The average Bonchev–Trinajstić information content (AvgIpc) is 2.89. The molecule has 0 unspecified atom stereocenters. The molecule has 0 spiro atoms. The molecule has 2 aromatic rings. The van der Waals surface area contributed by atoms with Crippen LogP contribution >= 0.6 is 11.8 Å². The van der Waals surface area contributed by atoms with E-state index in [9.17, 15) is 4.79 Å². The van der Waals surface area contributed by atoms with Gasteiger partial charge >= 0.3 is 5.97 Å². The van der Waals surface area contributed by atoms with Gasteiger partial charge in [0.2, 0.25) is 0 Å². The Kier molecular flexibility index (Phi) is 5.76. The second-order valence-corrected chi connectivity index (χ2v) is 5.71. The van der Waals surface area contributed by atoms with Gasteiger partial charge < -0.3 is 10.5 Å². The highest BCUT2D eigenvalue weighted by molar-refractivity contribution is 7.99. The molecular formula is C14H19N5O2S. The fourth-order valence-corrected chi connectivity index (χ4v) is 2.62. The smallest absolute Gasteiger partial charge is 0.343 e. The second kappa shape index (κ2) is 7.79. The summed E-state index contributed by atoms with van der Waals surface area (Å²) in [7, 11) is 1.90. The molecule has 118 valence electrons. The highest BCUT2D eigenvalue weighted by Crippen LogP contribution is 2.18. The zero-order valence-electron chi connectivity index (χ0n) is 12.7. The van der Waals surface area contributed by atoms with E-state index in [0.29, 0.717) is 11.8 Å². The van der Waals surface area contributed by atoms with Crippen molar-refractivity contribution < 1.29 is 9.53 Å². The first-order chi connectivity index (χ1) is 10.6. The van der Waals surface area contributed by atoms with Crippen LogP contribution in [0.25, 0.3) is 0 Å². The van der Waals surface area contributed by atoms with Gasteiger partial charge in [0, 0.05) is 25.2 Å². The van der Waals surface area contributed by atoms with Gasteiger partial charge in [-0.05, 0) is 25.3 Å². The Balaban J connectivity index is 1.83. The summed E-state index contributed by atoms with van der Waals surface area (Å²) in [4.78, 5) is 19.9. The van der Waals surface area contributed by atoms with Crippen LogP contribution in [0.2, 0.25) is 0 Å². The molecule has 0 atom stereocenters. The van der Waals surface area contributed by atoms with Crippen LogP contribution in [0.1, 0.15) is 29.3 Å². The quantitative estimate of drug-likeness (QED) is 0.359. The average molecular weight is 321 g/mol. The molecule has 8 heteroatoms. The summed E-state index contributed by atoms with van der Waals surface area (Å²) in [5.41, 5.74) is 7.19. The molecule has 0 saturated carbocycles. The maximum absolute atomic E-state index is 11.6. The Bertz CT molecular complexity index is 644. The number of anilines is 1. The Morgan fingerprint density at radius 1 is 1.45 bits per heavy atom. The van der Waals surface area contributed by atoms with Crippen molar-refractivity contribution >= 4 is 23.5 Å². The number of hydrogen-bond acceptors (Lipinski definition) is 7. The van der Waals surface area contributed by atoms with E-state index in [1.807, 2.05) is 19.4 Å². The molecule has 22 heavy (non-hydrogen) atoms. The van der Waals surface area contributed by atoms with Crippen molar-refractivity contribution in [3.05, 3.63) is 29.7 Å². The number of aryl methyl sites for hydroxylation is 2. The molecule has 0 saturated heterocycles. The highest BCUT2D eigenvalue weighted by atomic mass is 32.2. The number of hydrogen-bond donors (Lipinski definition) is 1. The molecule has 2 heterocycles. The Labute approximate surface area is 133 Å². The SMILES string of the molecule is CCOC(=O)c1cnc(SCCCc2cnn(C)c2)nc1N. The van der Waals surface area contributed by atoms with Crippen LogP contribution in [0.4, 0.5) is 5.82 Å². The van der Waals surface area contributed by atoms with E-state index in [0.717, 1.165) is 18.6 Å². The Hall–Kier alpha value is -2.09. The third-order valence-corrected chi connectivity index (χ3v) is 3.84. The zero-order chi connectivity index (χ0) is 15.9. The first-order valence-electron chi connectivity index (χ1n) is 7.00. The first kappa shape index (κ1) is 16.3. The number of rotatable bonds is 7. The van der Waals surface area contributed by atoms with Gasteiger partial charge in [-0.2, -0.15) is 5.10 Å². The van der Waals surface area contributed by atoms with Gasteiger partial charge in [0.15, 0.2) is 5.16 Å². The summed E-state index contributed by atoms with van der Waals surface area (Å²) < 4.78 is 6.68. The Morgan fingerprint density at radius 3 is 2.91 bits per heavy atom. The van der Waals surface area contributed by atoms with Gasteiger partial charge in [-0.25, -0.2) is 14.8 Å². The fraction of sp³-hybridized carbons (Fsp3) is 0.429. The predicted molar refractivity (Wildman–Crippen MR) is 84.7 cm³/mol. The van der Waals surface area contributed by atoms with Crippen molar-refractivity contribution in [3.63, 3.8) is 0 Å². The van der Waals surface area contributed by atoms with Crippen molar-refractivity contribution in [3.8, 4) is 0 Å². The van der Waals surface area contributed by atoms with Crippen molar-refractivity contribution in [2.45, 2.75) is 24.9 Å². The zero-order valence-corrected chi connectivity index (χ0v) is 13.5. The molecule has 0 bridgehead atoms. The van der Waals surface area contributed by atoms with Crippen LogP contribution in [0.5, 0.6) is 0 Å². The minimum atomic E-state index is -0.492. The number of ether oxygens (including phenoxy) is 1. The molecule has 0 radical (unpaired) electrons.